The lowest BCUT2D eigenvalue weighted by Gasteiger charge is -2.32. The number of rotatable bonds is 10. The maximum absolute atomic E-state index is 13.4. The van der Waals surface area contributed by atoms with Gasteiger partial charge in [-0.1, -0.05) is 49.2 Å². The first-order valence-corrected chi connectivity index (χ1v) is 13.1. The fraction of sp³-hybridized carbons (Fsp3) is 0.391. The summed E-state index contributed by atoms with van der Waals surface area (Å²) in [5.74, 6) is -1.28. The second-order valence-electron chi connectivity index (χ2n) is 8.33. The monoisotopic (exact) mass is 531 g/mol. The van der Waals surface area contributed by atoms with Crippen molar-refractivity contribution in [1.29, 1.82) is 0 Å². The van der Waals surface area contributed by atoms with Crippen LogP contribution in [-0.2, 0) is 26.2 Å². The van der Waals surface area contributed by atoms with Gasteiger partial charge >= 0.3 is 0 Å². The number of hydrogen-bond donors (Lipinski definition) is 1. The third-order valence-electron chi connectivity index (χ3n) is 4.97. The number of sulfonamides is 1. The van der Waals surface area contributed by atoms with Gasteiger partial charge in [0.1, 0.15) is 18.4 Å². The van der Waals surface area contributed by atoms with Crippen molar-refractivity contribution in [1.82, 2.24) is 10.2 Å². The van der Waals surface area contributed by atoms with Crippen LogP contribution in [0.1, 0.15) is 26.3 Å². The van der Waals surface area contributed by atoms with Gasteiger partial charge in [0.15, 0.2) is 0 Å². The predicted molar refractivity (Wildman–Crippen MR) is 133 cm³/mol. The van der Waals surface area contributed by atoms with E-state index in [0.29, 0.717) is 12.1 Å². The van der Waals surface area contributed by atoms with Crippen molar-refractivity contribution in [3.8, 4) is 0 Å². The van der Waals surface area contributed by atoms with Gasteiger partial charge in [-0.3, -0.25) is 13.9 Å². The van der Waals surface area contributed by atoms with Crippen LogP contribution in [0.2, 0.25) is 10.0 Å². The molecule has 1 atom stereocenters. The maximum Gasteiger partial charge on any atom is 0.244 e. The zero-order chi connectivity index (χ0) is 25.6. The number of nitrogens with one attached hydrogen (secondary N) is 1. The van der Waals surface area contributed by atoms with Gasteiger partial charge < -0.3 is 10.2 Å². The smallest absolute Gasteiger partial charge is 0.244 e. The molecule has 0 spiro atoms. The minimum atomic E-state index is -3.94. The molecule has 2 aromatic carbocycles. The van der Waals surface area contributed by atoms with Crippen LogP contribution in [0.25, 0.3) is 0 Å². The molecule has 2 aromatic rings. The molecule has 186 valence electrons. The highest BCUT2D eigenvalue weighted by Crippen LogP contribution is 2.30. The zero-order valence-electron chi connectivity index (χ0n) is 19.4. The van der Waals surface area contributed by atoms with Crippen molar-refractivity contribution >= 4 is 50.7 Å². The lowest BCUT2D eigenvalue weighted by molar-refractivity contribution is -0.139. The van der Waals surface area contributed by atoms with E-state index in [1.54, 1.807) is 6.92 Å². The first-order valence-electron chi connectivity index (χ1n) is 10.5. The minimum Gasteiger partial charge on any atom is -0.354 e. The lowest BCUT2D eigenvalue weighted by atomic mass is 10.1. The molecule has 34 heavy (non-hydrogen) atoms. The van der Waals surface area contributed by atoms with Crippen LogP contribution < -0.4 is 9.62 Å². The van der Waals surface area contributed by atoms with Gasteiger partial charge in [0.25, 0.3) is 0 Å². The van der Waals surface area contributed by atoms with E-state index in [9.17, 15) is 22.4 Å². The Morgan fingerprint density at radius 3 is 2.24 bits per heavy atom. The van der Waals surface area contributed by atoms with Crippen LogP contribution in [-0.4, -0.2) is 50.5 Å². The third-order valence-corrected chi connectivity index (χ3v) is 6.66. The molecule has 0 aliphatic carbocycles. The van der Waals surface area contributed by atoms with E-state index in [1.165, 1.54) is 47.4 Å². The van der Waals surface area contributed by atoms with Crippen molar-refractivity contribution in [3.05, 3.63) is 63.9 Å². The molecule has 1 unspecified atom stereocenters. The summed E-state index contributed by atoms with van der Waals surface area (Å²) < 4.78 is 39.3. The summed E-state index contributed by atoms with van der Waals surface area (Å²) in [5.41, 5.74) is 0.619. The summed E-state index contributed by atoms with van der Waals surface area (Å²) in [6, 6.07) is 8.84. The van der Waals surface area contributed by atoms with E-state index in [2.05, 4.69) is 5.32 Å². The Morgan fingerprint density at radius 2 is 1.68 bits per heavy atom. The number of nitrogens with zero attached hydrogens (tertiary/aromatic N) is 2. The SMILES string of the molecule is CC(C)CNC(=O)C(C)N(Cc1ccc(F)cc1)C(=O)CN(c1cc(Cl)ccc1Cl)S(C)(=O)=O. The number of anilines is 1. The highest BCUT2D eigenvalue weighted by atomic mass is 35.5. The number of halogens is 3. The third kappa shape index (κ3) is 7.85. The van der Waals surface area contributed by atoms with Crippen molar-refractivity contribution in [3.63, 3.8) is 0 Å². The van der Waals surface area contributed by atoms with Gasteiger partial charge in [-0.15, -0.1) is 0 Å². The summed E-state index contributed by atoms with van der Waals surface area (Å²) in [7, 11) is -3.94. The van der Waals surface area contributed by atoms with Crippen molar-refractivity contribution < 1.29 is 22.4 Å². The van der Waals surface area contributed by atoms with E-state index in [4.69, 9.17) is 23.2 Å². The summed E-state index contributed by atoms with van der Waals surface area (Å²) in [6.07, 6.45) is 0.945. The Kier molecular flexibility index (Phi) is 9.73. The molecule has 0 fully saturated rings. The van der Waals surface area contributed by atoms with E-state index in [0.717, 1.165) is 10.6 Å². The summed E-state index contributed by atoms with van der Waals surface area (Å²) >= 11 is 12.2. The number of carbonyl (C=O) groups is 2. The largest absolute Gasteiger partial charge is 0.354 e. The molecule has 1 N–H and O–H groups in total. The molecule has 7 nitrogen and oxygen atoms in total. The van der Waals surface area contributed by atoms with Crippen molar-refractivity contribution in [2.45, 2.75) is 33.4 Å². The zero-order valence-corrected chi connectivity index (χ0v) is 21.7. The van der Waals surface area contributed by atoms with Crippen LogP contribution in [0.15, 0.2) is 42.5 Å². The molecule has 2 amide bonds. The Bertz CT molecular complexity index is 1130. The van der Waals surface area contributed by atoms with Crippen LogP contribution in [0.5, 0.6) is 0 Å². The Morgan fingerprint density at radius 1 is 1.06 bits per heavy atom. The van der Waals surface area contributed by atoms with Crippen LogP contribution >= 0.6 is 23.2 Å². The molecule has 0 saturated heterocycles. The molecule has 0 aromatic heterocycles. The number of carbonyl (C=O) groups excluding carboxylic acids is 2. The molecule has 0 bridgehead atoms. The Balaban J connectivity index is 2.40. The summed E-state index contributed by atoms with van der Waals surface area (Å²) in [6.45, 7) is 5.19. The number of amides is 2. The first kappa shape index (κ1) is 27.9. The van der Waals surface area contributed by atoms with Gasteiger partial charge in [-0.25, -0.2) is 12.8 Å². The highest BCUT2D eigenvalue weighted by molar-refractivity contribution is 7.92. The Hall–Kier alpha value is -2.36. The second-order valence-corrected chi connectivity index (χ2v) is 11.1. The second kappa shape index (κ2) is 11.9. The highest BCUT2D eigenvalue weighted by Gasteiger charge is 2.31. The van der Waals surface area contributed by atoms with Gasteiger partial charge in [0.05, 0.1) is 17.0 Å². The van der Waals surface area contributed by atoms with Crippen LogP contribution in [0, 0.1) is 11.7 Å². The normalized spacial score (nSPS) is 12.4. The molecular weight excluding hydrogens is 504 g/mol. The van der Waals surface area contributed by atoms with E-state index in [-0.39, 0.29) is 28.2 Å². The molecule has 0 radical (unpaired) electrons. The average Bonchev–Trinajstić information content (AvgIpc) is 2.75. The van der Waals surface area contributed by atoms with Gasteiger partial charge in [0, 0.05) is 18.1 Å². The molecule has 0 aliphatic heterocycles. The van der Waals surface area contributed by atoms with E-state index < -0.39 is 40.2 Å². The van der Waals surface area contributed by atoms with Gasteiger partial charge in [-0.2, -0.15) is 0 Å². The van der Waals surface area contributed by atoms with Crippen molar-refractivity contribution in [2.75, 3.05) is 23.7 Å². The fourth-order valence-electron chi connectivity index (χ4n) is 3.09. The van der Waals surface area contributed by atoms with Gasteiger partial charge in [0.2, 0.25) is 21.8 Å². The summed E-state index contributed by atoms with van der Waals surface area (Å²) in [4.78, 5) is 27.4. The topological polar surface area (TPSA) is 86.8 Å². The quantitative estimate of drug-likeness (QED) is 0.500. The standard InChI is InChI=1S/C23H28Cl2FN3O4S/c1-15(2)12-27-23(31)16(3)28(13-17-5-8-19(26)9-6-17)22(30)14-29(34(4,32)33)21-11-18(24)7-10-20(21)25/h5-11,15-16H,12-14H2,1-4H3,(H,27,31). The molecule has 11 heteroatoms. The predicted octanol–water partition coefficient (Wildman–Crippen LogP) is 4.09. The fourth-order valence-corrected chi connectivity index (χ4v) is 4.38. The lowest BCUT2D eigenvalue weighted by Crippen LogP contribution is -2.51. The molecular formula is C23H28Cl2FN3O4S. The molecule has 0 aliphatic rings. The van der Waals surface area contributed by atoms with Crippen LogP contribution in [0.4, 0.5) is 10.1 Å². The van der Waals surface area contributed by atoms with E-state index in [1.807, 2.05) is 13.8 Å². The molecule has 0 saturated carbocycles. The number of benzene rings is 2. The molecule has 0 heterocycles. The number of hydrogen-bond acceptors (Lipinski definition) is 4. The minimum absolute atomic E-state index is 0.0315. The van der Waals surface area contributed by atoms with Crippen molar-refractivity contribution in [2.24, 2.45) is 5.92 Å². The first-order chi connectivity index (χ1) is 15.8. The van der Waals surface area contributed by atoms with Gasteiger partial charge in [-0.05, 0) is 48.7 Å². The average molecular weight is 532 g/mol. The van der Waals surface area contributed by atoms with E-state index >= 15 is 0 Å². The van der Waals surface area contributed by atoms with Crippen LogP contribution in [0.3, 0.4) is 0 Å². The molecule has 2 rings (SSSR count). The maximum atomic E-state index is 13.4. The summed E-state index contributed by atoms with van der Waals surface area (Å²) in [5, 5.41) is 3.11. The Labute approximate surface area is 209 Å².